The predicted molar refractivity (Wildman–Crippen MR) is 76.2 cm³/mol. The molecule has 122 valence electrons. The fraction of sp³-hybridized carbons (Fsp3) is 0.714. The summed E-state index contributed by atoms with van der Waals surface area (Å²) in [6.45, 7) is 3.65. The van der Waals surface area contributed by atoms with Crippen molar-refractivity contribution in [3.8, 4) is 0 Å². The Kier molecular flexibility index (Phi) is 6.88. The van der Waals surface area contributed by atoms with Gasteiger partial charge in [-0.15, -0.1) is 0 Å². The SMILES string of the molecule is CC(C)[C@H](OC1CC1)C(=O)N[C@@H](CCC(=O)C=[N+]=[N-])C(=O)O. The number of nitrogens with one attached hydrogen (secondary N) is 1. The van der Waals surface area contributed by atoms with Gasteiger partial charge in [0.15, 0.2) is 0 Å². The molecule has 22 heavy (non-hydrogen) atoms. The number of carboxylic acids is 1. The second-order valence-electron chi connectivity index (χ2n) is 5.65. The van der Waals surface area contributed by atoms with Crippen LogP contribution in [0.1, 0.15) is 39.5 Å². The van der Waals surface area contributed by atoms with E-state index in [9.17, 15) is 14.4 Å². The Morgan fingerprint density at radius 3 is 2.50 bits per heavy atom. The molecule has 1 aliphatic rings. The van der Waals surface area contributed by atoms with Gasteiger partial charge in [-0.25, -0.2) is 4.79 Å². The highest BCUT2D eigenvalue weighted by molar-refractivity contribution is 6.25. The molecule has 0 spiro atoms. The van der Waals surface area contributed by atoms with Gasteiger partial charge in [-0.2, -0.15) is 4.79 Å². The van der Waals surface area contributed by atoms with E-state index in [-0.39, 0.29) is 24.9 Å². The first-order valence-electron chi connectivity index (χ1n) is 7.24. The van der Waals surface area contributed by atoms with E-state index in [1.54, 1.807) is 0 Å². The maximum Gasteiger partial charge on any atom is 0.326 e. The number of amides is 1. The molecule has 0 aromatic carbocycles. The lowest BCUT2D eigenvalue weighted by Crippen LogP contribution is -2.48. The van der Waals surface area contributed by atoms with Crippen molar-refractivity contribution in [2.75, 3.05) is 0 Å². The Bertz CT molecular complexity index is 481. The van der Waals surface area contributed by atoms with Crippen LogP contribution in [-0.4, -0.2) is 52.0 Å². The first kappa shape index (κ1) is 18.0. The minimum Gasteiger partial charge on any atom is -0.480 e. The molecule has 2 N–H and O–H groups in total. The van der Waals surface area contributed by atoms with Crippen molar-refractivity contribution in [3.05, 3.63) is 5.53 Å². The highest BCUT2D eigenvalue weighted by atomic mass is 16.5. The molecule has 0 aromatic heterocycles. The maximum absolute atomic E-state index is 12.2. The van der Waals surface area contributed by atoms with Crippen LogP contribution in [0.2, 0.25) is 0 Å². The average Bonchev–Trinajstić information content (AvgIpc) is 3.24. The second kappa shape index (κ2) is 8.41. The van der Waals surface area contributed by atoms with E-state index in [1.165, 1.54) is 0 Å². The Hall–Kier alpha value is -2.05. The quantitative estimate of drug-likeness (QED) is 0.343. The number of hydrogen-bond acceptors (Lipinski definition) is 4. The average molecular weight is 311 g/mol. The number of carbonyl (C=O) groups excluding carboxylic acids is 2. The number of Topliss-reactive ketones (excluding diaryl/α,β-unsaturated/α-hetero) is 1. The summed E-state index contributed by atoms with van der Waals surface area (Å²) in [5.41, 5.74) is 8.23. The highest BCUT2D eigenvalue weighted by Gasteiger charge is 2.33. The summed E-state index contributed by atoms with van der Waals surface area (Å²) in [5.74, 6) is -2.32. The number of carboxylic acid groups (broad SMARTS) is 1. The summed E-state index contributed by atoms with van der Waals surface area (Å²) in [6, 6.07) is -1.19. The molecule has 1 rings (SSSR count). The van der Waals surface area contributed by atoms with Crippen LogP contribution in [0, 0.1) is 5.92 Å². The molecule has 8 heteroatoms. The molecule has 0 heterocycles. The van der Waals surface area contributed by atoms with Crippen LogP contribution >= 0.6 is 0 Å². The standard InChI is InChI=1S/C14H21N3O5/c1-8(2)12(22-10-4-5-10)13(19)17-11(14(20)21)6-3-9(18)7-16-15/h7-8,10-12H,3-6H2,1-2H3,(H,17,19)(H,20,21)/t11-,12-/m0/s1. The number of ketones is 1. The summed E-state index contributed by atoms with van der Waals surface area (Å²) < 4.78 is 5.60. The third-order valence-corrected chi connectivity index (χ3v) is 3.22. The van der Waals surface area contributed by atoms with Crippen molar-refractivity contribution < 1.29 is 29.0 Å². The molecule has 1 fully saturated rings. The zero-order valence-electron chi connectivity index (χ0n) is 12.7. The van der Waals surface area contributed by atoms with Crippen molar-refractivity contribution in [2.45, 2.75) is 57.8 Å². The van der Waals surface area contributed by atoms with E-state index in [1.807, 2.05) is 13.8 Å². The molecular weight excluding hydrogens is 290 g/mol. The normalized spacial score (nSPS) is 16.5. The lowest BCUT2D eigenvalue weighted by molar-refractivity contribution is -0.146. The summed E-state index contributed by atoms with van der Waals surface area (Å²) in [6.07, 6.45) is 1.67. The van der Waals surface area contributed by atoms with Crippen LogP contribution in [-0.2, 0) is 19.1 Å². The number of nitrogens with zero attached hydrogens (tertiary/aromatic N) is 2. The summed E-state index contributed by atoms with van der Waals surface area (Å²) in [5, 5.41) is 11.5. The minimum atomic E-state index is -1.23. The van der Waals surface area contributed by atoms with Crippen LogP contribution in [0.3, 0.4) is 0 Å². The number of rotatable bonds is 10. The number of hydrogen-bond donors (Lipinski definition) is 2. The topological polar surface area (TPSA) is 129 Å². The smallest absolute Gasteiger partial charge is 0.326 e. The van der Waals surface area contributed by atoms with Crippen molar-refractivity contribution in [3.63, 3.8) is 0 Å². The molecule has 1 aliphatic carbocycles. The highest BCUT2D eigenvalue weighted by Crippen LogP contribution is 2.27. The molecule has 0 unspecified atom stereocenters. The van der Waals surface area contributed by atoms with Crippen LogP contribution in [0.5, 0.6) is 0 Å². The van der Waals surface area contributed by atoms with Crippen LogP contribution < -0.4 is 5.32 Å². The van der Waals surface area contributed by atoms with Gasteiger partial charge in [0.2, 0.25) is 11.7 Å². The van der Waals surface area contributed by atoms with Gasteiger partial charge in [-0.1, -0.05) is 13.8 Å². The molecule has 1 saturated carbocycles. The van der Waals surface area contributed by atoms with Crippen molar-refractivity contribution >= 4 is 23.9 Å². The van der Waals surface area contributed by atoms with Crippen molar-refractivity contribution in [1.82, 2.24) is 5.32 Å². The third kappa shape index (κ3) is 6.15. The van der Waals surface area contributed by atoms with Crippen LogP contribution in [0.4, 0.5) is 0 Å². The van der Waals surface area contributed by atoms with Gasteiger partial charge in [0, 0.05) is 6.42 Å². The molecule has 0 saturated heterocycles. The van der Waals surface area contributed by atoms with Crippen molar-refractivity contribution in [1.29, 1.82) is 0 Å². The van der Waals surface area contributed by atoms with E-state index in [4.69, 9.17) is 15.4 Å². The van der Waals surface area contributed by atoms with E-state index < -0.39 is 29.8 Å². The van der Waals surface area contributed by atoms with E-state index in [0.29, 0.717) is 6.21 Å². The van der Waals surface area contributed by atoms with Gasteiger partial charge in [0.1, 0.15) is 12.1 Å². The molecule has 1 amide bonds. The van der Waals surface area contributed by atoms with E-state index in [2.05, 4.69) is 10.1 Å². The Morgan fingerprint density at radius 1 is 1.41 bits per heavy atom. The summed E-state index contributed by atoms with van der Waals surface area (Å²) >= 11 is 0. The van der Waals surface area contributed by atoms with Gasteiger partial charge in [0.25, 0.3) is 0 Å². The number of aliphatic carboxylic acids is 1. The van der Waals surface area contributed by atoms with Crippen LogP contribution in [0.25, 0.3) is 5.53 Å². The Morgan fingerprint density at radius 2 is 2.05 bits per heavy atom. The molecule has 0 aromatic rings. The molecule has 0 aliphatic heterocycles. The van der Waals surface area contributed by atoms with Crippen molar-refractivity contribution in [2.24, 2.45) is 5.92 Å². The van der Waals surface area contributed by atoms with Gasteiger partial charge in [-0.3, -0.25) is 9.59 Å². The predicted octanol–water partition coefficient (Wildman–Crippen LogP) is 0.409. The van der Waals surface area contributed by atoms with Gasteiger partial charge in [-0.05, 0) is 25.2 Å². The zero-order chi connectivity index (χ0) is 16.7. The molecule has 0 radical (unpaired) electrons. The maximum atomic E-state index is 12.2. The third-order valence-electron chi connectivity index (χ3n) is 3.22. The Labute approximate surface area is 128 Å². The summed E-state index contributed by atoms with van der Waals surface area (Å²) in [4.78, 5) is 37.2. The van der Waals surface area contributed by atoms with E-state index >= 15 is 0 Å². The monoisotopic (exact) mass is 311 g/mol. The van der Waals surface area contributed by atoms with Gasteiger partial charge >= 0.3 is 12.2 Å². The largest absolute Gasteiger partial charge is 0.480 e. The number of carbonyl (C=O) groups is 3. The second-order valence-corrected chi connectivity index (χ2v) is 5.65. The molecule has 2 atom stereocenters. The fourth-order valence-electron chi connectivity index (χ4n) is 1.86. The van der Waals surface area contributed by atoms with Gasteiger partial charge < -0.3 is 20.7 Å². The van der Waals surface area contributed by atoms with E-state index in [0.717, 1.165) is 12.8 Å². The minimum absolute atomic E-state index is 0.0729. The Balaban J connectivity index is 2.59. The fourth-order valence-corrected chi connectivity index (χ4v) is 1.86. The zero-order valence-corrected chi connectivity index (χ0v) is 12.7. The first-order chi connectivity index (χ1) is 10.3. The van der Waals surface area contributed by atoms with Crippen LogP contribution in [0.15, 0.2) is 0 Å². The van der Waals surface area contributed by atoms with Gasteiger partial charge in [0.05, 0.1) is 6.10 Å². The molecule has 0 bridgehead atoms. The molecular formula is C14H21N3O5. The lowest BCUT2D eigenvalue weighted by Gasteiger charge is -2.23. The first-order valence-corrected chi connectivity index (χ1v) is 7.24. The molecule has 8 nitrogen and oxygen atoms in total. The number of ether oxygens (including phenoxy) is 1. The summed E-state index contributed by atoms with van der Waals surface area (Å²) in [7, 11) is 0. The lowest BCUT2D eigenvalue weighted by atomic mass is 10.0.